The fourth-order valence-corrected chi connectivity index (χ4v) is 10.9. The number of rotatable bonds is 6. The van der Waals surface area contributed by atoms with Gasteiger partial charge in [0.1, 0.15) is 41.0 Å². The Morgan fingerprint density at radius 2 is 2.06 bits per heavy atom. The molecule has 0 saturated carbocycles. The number of nitrogens with zero attached hydrogens (tertiary/aromatic N) is 5. The predicted molar refractivity (Wildman–Crippen MR) is 184 cm³/mol. The Kier molecular flexibility index (Phi) is 8.24. The van der Waals surface area contributed by atoms with Crippen molar-refractivity contribution < 1.29 is 36.2 Å². The van der Waals surface area contributed by atoms with Crippen LogP contribution in [0.25, 0.3) is 32.1 Å². The molecule has 4 N–H and O–H groups in total. The topological polar surface area (TPSA) is 173 Å². The standard InChI is InChI=1S/C32H30ClF3N8O5S2/c33-20-9-18-25(24(36)23(20)17-3-4-21(35)26-22(17)19(11-37)28(50-26)41-30(45)46)39-29(49-15-32-6-2-8-44(32)12-16(34)10-32)40-27(18)43-7-1-5-31(14-43)13-38-51(47,48)42-31/h3-4,9,16,38,41-42H,1-2,5-8,10,12-15H2,(H,45,46)/t16-,31+,32+/m1/s1. The summed E-state index contributed by atoms with van der Waals surface area (Å²) in [4.78, 5) is 24.5. The maximum atomic E-state index is 17.1. The van der Waals surface area contributed by atoms with Crippen molar-refractivity contribution in [3.8, 4) is 23.2 Å². The summed E-state index contributed by atoms with van der Waals surface area (Å²) in [5.74, 6) is -1.43. The van der Waals surface area contributed by atoms with Gasteiger partial charge >= 0.3 is 12.1 Å². The van der Waals surface area contributed by atoms with Crippen LogP contribution in [0.2, 0.25) is 5.02 Å². The molecule has 3 atom stereocenters. The van der Waals surface area contributed by atoms with E-state index in [1.165, 1.54) is 12.1 Å². The van der Waals surface area contributed by atoms with Gasteiger partial charge in [-0.15, -0.1) is 11.3 Å². The number of alkyl halides is 1. The number of carbonyl (C=O) groups is 1. The number of nitrogens with one attached hydrogen (secondary N) is 3. The Labute approximate surface area is 298 Å². The lowest BCUT2D eigenvalue weighted by Gasteiger charge is -2.40. The van der Waals surface area contributed by atoms with E-state index >= 15 is 8.78 Å². The van der Waals surface area contributed by atoms with Crippen LogP contribution in [0.15, 0.2) is 18.2 Å². The largest absolute Gasteiger partial charge is 0.465 e. The average molecular weight is 763 g/mol. The highest BCUT2D eigenvalue weighted by molar-refractivity contribution is 7.87. The van der Waals surface area contributed by atoms with Gasteiger partial charge in [0.05, 0.1) is 26.4 Å². The Morgan fingerprint density at radius 3 is 2.80 bits per heavy atom. The molecule has 4 saturated heterocycles. The lowest BCUT2D eigenvalue weighted by Crippen LogP contribution is -2.56. The van der Waals surface area contributed by atoms with Crippen LogP contribution >= 0.6 is 22.9 Å². The third-order valence-electron chi connectivity index (χ3n) is 10.3. The highest BCUT2D eigenvalue weighted by Gasteiger charge is 2.50. The highest BCUT2D eigenvalue weighted by Crippen LogP contribution is 2.47. The fourth-order valence-electron chi connectivity index (χ4n) is 8.16. The molecule has 0 bridgehead atoms. The van der Waals surface area contributed by atoms with Gasteiger partial charge in [0.2, 0.25) is 0 Å². The first kappa shape index (κ1) is 34.1. The second-order valence-corrected chi connectivity index (χ2v) is 16.4. The fraction of sp³-hybridized carbons (Fsp3) is 0.438. The average Bonchev–Trinajstić information content (AvgIpc) is 3.80. The normalized spacial score (nSPS) is 25.9. The minimum atomic E-state index is -3.71. The number of ether oxygens (including phenoxy) is 1. The lowest BCUT2D eigenvalue weighted by atomic mass is 9.90. The van der Waals surface area contributed by atoms with Gasteiger partial charge in [-0.3, -0.25) is 10.2 Å². The van der Waals surface area contributed by atoms with Crippen molar-refractivity contribution >= 4 is 71.0 Å². The van der Waals surface area contributed by atoms with E-state index in [-0.39, 0.29) is 85.6 Å². The molecule has 8 rings (SSSR count). The first-order chi connectivity index (χ1) is 24.3. The van der Waals surface area contributed by atoms with Crippen LogP contribution in [0, 0.1) is 23.0 Å². The Balaban J connectivity index is 1.29. The summed E-state index contributed by atoms with van der Waals surface area (Å²) in [7, 11) is -3.71. The molecular formula is C32H30ClF3N8O5S2. The zero-order valence-electron chi connectivity index (χ0n) is 26.7. The van der Waals surface area contributed by atoms with Gasteiger partial charge in [0, 0.05) is 48.9 Å². The Hall–Kier alpha value is -3.99. The molecule has 1 spiro atoms. The summed E-state index contributed by atoms with van der Waals surface area (Å²) in [6, 6.07) is 5.53. The molecule has 268 valence electrons. The molecule has 2 aromatic heterocycles. The second-order valence-electron chi connectivity index (χ2n) is 13.5. The molecule has 0 unspecified atom stereocenters. The highest BCUT2D eigenvalue weighted by atomic mass is 35.5. The monoisotopic (exact) mass is 762 g/mol. The smallest absolute Gasteiger partial charge is 0.409 e. The summed E-state index contributed by atoms with van der Waals surface area (Å²) in [6.07, 6.45) is 0.518. The number of amides is 1. The first-order valence-corrected chi connectivity index (χ1v) is 18.9. The quantitative estimate of drug-likeness (QED) is 0.206. The van der Waals surface area contributed by atoms with Crippen molar-refractivity contribution in [3.63, 3.8) is 0 Å². The summed E-state index contributed by atoms with van der Waals surface area (Å²) in [5, 5.41) is 21.4. The predicted octanol–water partition coefficient (Wildman–Crippen LogP) is 5.14. The van der Waals surface area contributed by atoms with Crippen molar-refractivity contribution in [1.29, 1.82) is 5.26 Å². The van der Waals surface area contributed by atoms with E-state index in [1.54, 1.807) is 0 Å². The van der Waals surface area contributed by atoms with Crippen LogP contribution in [-0.4, -0.2) is 91.1 Å². The zero-order valence-corrected chi connectivity index (χ0v) is 29.1. The van der Waals surface area contributed by atoms with Gasteiger partial charge in [0.25, 0.3) is 10.2 Å². The minimum absolute atomic E-state index is 0.0291. The summed E-state index contributed by atoms with van der Waals surface area (Å²) in [6.45, 7) is 1.86. The number of thiophene rings is 1. The molecule has 4 aliphatic rings. The SMILES string of the molecule is N#Cc1c(NC(=O)O)sc2c(F)ccc(-c3c(Cl)cc4c(N5CCC[C@]6(CNS(=O)(=O)N6)C5)nc(OC[C@@]56CCCN5C[C@H](F)C6)nc4c3F)c12. The van der Waals surface area contributed by atoms with Gasteiger partial charge in [-0.1, -0.05) is 17.7 Å². The van der Waals surface area contributed by atoms with Crippen molar-refractivity contribution in [3.05, 3.63) is 40.4 Å². The van der Waals surface area contributed by atoms with Crippen molar-refractivity contribution in [2.24, 2.45) is 0 Å². The molecule has 1 amide bonds. The number of nitriles is 1. The molecular weight excluding hydrogens is 733 g/mol. The lowest BCUT2D eigenvalue weighted by molar-refractivity contribution is 0.107. The second kappa shape index (κ2) is 12.3. The van der Waals surface area contributed by atoms with Crippen molar-refractivity contribution in [2.75, 3.05) is 49.5 Å². The number of benzene rings is 2. The van der Waals surface area contributed by atoms with Gasteiger partial charge in [-0.2, -0.15) is 28.4 Å². The van der Waals surface area contributed by atoms with E-state index in [1.807, 2.05) is 11.0 Å². The molecule has 19 heteroatoms. The molecule has 2 aromatic carbocycles. The molecule has 4 aliphatic heterocycles. The van der Waals surface area contributed by atoms with E-state index in [0.29, 0.717) is 43.7 Å². The van der Waals surface area contributed by atoms with Crippen molar-refractivity contribution in [2.45, 2.75) is 49.4 Å². The summed E-state index contributed by atoms with van der Waals surface area (Å²) in [5.41, 5.74) is -1.99. The molecule has 6 heterocycles. The van der Waals surface area contributed by atoms with Gasteiger partial charge in [-0.25, -0.2) is 22.7 Å². The summed E-state index contributed by atoms with van der Waals surface area (Å²) < 4.78 is 82.8. The molecule has 0 radical (unpaired) electrons. The van der Waals surface area contributed by atoms with Crippen molar-refractivity contribution in [1.82, 2.24) is 24.3 Å². The zero-order chi connectivity index (χ0) is 35.9. The molecule has 4 fully saturated rings. The number of fused-ring (bicyclic) bond motifs is 3. The maximum Gasteiger partial charge on any atom is 0.409 e. The first-order valence-electron chi connectivity index (χ1n) is 16.2. The van der Waals surface area contributed by atoms with E-state index < -0.39 is 45.2 Å². The van der Waals surface area contributed by atoms with E-state index in [9.17, 15) is 28.0 Å². The Bertz CT molecular complexity index is 2290. The van der Waals surface area contributed by atoms with Crippen LogP contribution < -0.4 is 24.4 Å². The van der Waals surface area contributed by atoms with Crippen LogP contribution in [0.3, 0.4) is 0 Å². The van der Waals surface area contributed by atoms with Crippen LogP contribution in [-0.2, 0) is 10.2 Å². The third-order valence-corrected chi connectivity index (χ3v) is 12.9. The van der Waals surface area contributed by atoms with Gasteiger partial charge < -0.3 is 14.7 Å². The number of halogens is 4. The molecule has 4 aromatic rings. The van der Waals surface area contributed by atoms with E-state index in [2.05, 4.69) is 24.6 Å². The van der Waals surface area contributed by atoms with Crippen LogP contribution in [0.4, 0.5) is 28.8 Å². The number of anilines is 2. The van der Waals surface area contributed by atoms with E-state index in [4.69, 9.17) is 21.3 Å². The Morgan fingerprint density at radius 1 is 1.25 bits per heavy atom. The number of hydrogen-bond acceptors (Lipinski definition) is 10. The maximum absolute atomic E-state index is 17.1. The van der Waals surface area contributed by atoms with E-state index in [0.717, 1.165) is 19.0 Å². The molecule has 13 nitrogen and oxygen atoms in total. The summed E-state index contributed by atoms with van der Waals surface area (Å²) >= 11 is 7.52. The molecule has 51 heavy (non-hydrogen) atoms. The minimum Gasteiger partial charge on any atom is -0.465 e. The third kappa shape index (κ3) is 5.79. The van der Waals surface area contributed by atoms with Crippen LogP contribution in [0.1, 0.15) is 37.7 Å². The van der Waals surface area contributed by atoms with Gasteiger partial charge in [0.15, 0.2) is 5.82 Å². The number of piperidine rings is 1. The van der Waals surface area contributed by atoms with Gasteiger partial charge in [-0.05, 0) is 49.9 Å². The molecule has 0 aliphatic carbocycles. The van der Waals surface area contributed by atoms with Crippen LogP contribution in [0.5, 0.6) is 6.01 Å². The number of carboxylic acid groups (broad SMARTS) is 1. The number of aromatic nitrogens is 2. The number of hydrogen-bond donors (Lipinski definition) is 4.